The summed E-state index contributed by atoms with van der Waals surface area (Å²) in [5.41, 5.74) is 3.53. The fourth-order valence-electron chi connectivity index (χ4n) is 2.31. The Morgan fingerprint density at radius 2 is 1.78 bits per heavy atom. The first-order valence-electron chi connectivity index (χ1n) is 7.32. The molecule has 0 saturated heterocycles. The number of carbonyl (C=O) groups is 1. The molecule has 23 heavy (non-hydrogen) atoms. The average molecular weight is 308 g/mol. The molecule has 6 nitrogen and oxygen atoms in total. The standard InChI is InChI=1S/C17H16N4O2/c1-2-15-19-14-11-7-6-10-13(14)16(22)21(15)20-17(23)18-12-8-4-3-5-9-12/h3-11H,2H2,1H3,(H2,18,20,23). The van der Waals surface area contributed by atoms with Crippen LogP contribution in [-0.4, -0.2) is 15.7 Å². The number of aryl methyl sites for hydroxylation is 1. The maximum Gasteiger partial charge on any atom is 0.338 e. The molecule has 0 bridgehead atoms. The normalized spacial score (nSPS) is 10.5. The Labute approximate surface area is 132 Å². The lowest BCUT2D eigenvalue weighted by atomic mass is 10.2. The van der Waals surface area contributed by atoms with Gasteiger partial charge >= 0.3 is 6.03 Å². The van der Waals surface area contributed by atoms with E-state index in [-0.39, 0.29) is 5.56 Å². The van der Waals surface area contributed by atoms with Crippen molar-refractivity contribution in [3.63, 3.8) is 0 Å². The Kier molecular flexibility index (Phi) is 4.05. The molecule has 116 valence electrons. The van der Waals surface area contributed by atoms with Crippen molar-refractivity contribution < 1.29 is 4.79 Å². The van der Waals surface area contributed by atoms with Crippen LogP contribution in [0, 0.1) is 0 Å². The molecular weight excluding hydrogens is 292 g/mol. The predicted octanol–water partition coefficient (Wildman–Crippen LogP) is 2.73. The van der Waals surface area contributed by atoms with Crippen molar-refractivity contribution in [2.75, 3.05) is 10.7 Å². The highest BCUT2D eigenvalue weighted by molar-refractivity contribution is 5.95. The minimum absolute atomic E-state index is 0.296. The third-order valence-corrected chi connectivity index (χ3v) is 3.41. The number of anilines is 1. The summed E-state index contributed by atoms with van der Waals surface area (Å²) in [6, 6.07) is 15.6. The molecule has 0 unspecified atom stereocenters. The van der Waals surface area contributed by atoms with Crippen LogP contribution >= 0.6 is 0 Å². The second-order valence-electron chi connectivity index (χ2n) is 4.97. The van der Waals surface area contributed by atoms with Gasteiger partial charge in [-0.15, -0.1) is 0 Å². The smallest absolute Gasteiger partial charge is 0.307 e. The molecule has 3 aromatic rings. The topological polar surface area (TPSA) is 76.0 Å². The van der Waals surface area contributed by atoms with E-state index >= 15 is 0 Å². The zero-order valence-corrected chi connectivity index (χ0v) is 12.6. The summed E-state index contributed by atoms with van der Waals surface area (Å²) >= 11 is 0. The predicted molar refractivity (Wildman–Crippen MR) is 90.2 cm³/mol. The third-order valence-electron chi connectivity index (χ3n) is 3.41. The first-order chi connectivity index (χ1) is 11.2. The van der Waals surface area contributed by atoms with Crippen molar-refractivity contribution in [3.05, 3.63) is 70.8 Å². The van der Waals surface area contributed by atoms with Gasteiger partial charge in [0.25, 0.3) is 5.56 Å². The Hall–Kier alpha value is -3.15. The number of para-hydroxylation sites is 2. The largest absolute Gasteiger partial charge is 0.338 e. The van der Waals surface area contributed by atoms with E-state index < -0.39 is 6.03 Å². The molecule has 2 aromatic carbocycles. The van der Waals surface area contributed by atoms with Gasteiger partial charge in [-0.3, -0.25) is 4.79 Å². The number of hydrogen-bond acceptors (Lipinski definition) is 3. The van der Waals surface area contributed by atoms with Gasteiger partial charge in [-0.2, -0.15) is 0 Å². The van der Waals surface area contributed by atoms with Crippen LogP contribution in [0.25, 0.3) is 10.9 Å². The van der Waals surface area contributed by atoms with Gasteiger partial charge in [-0.25, -0.2) is 19.9 Å². The lowest BCUT2D eigenvalue weighted by Gasteiger charge is -2.14. The van der Waals surface area contributed by atoms with Crippen LogP contribution in [0.2, 0.25) is 0 Å². The molecule has 3 rings (SSSR count). The number of hydrogen-bond donors (Lipinski definition) is 2. The van der Waals surface area contributed by atoms with Gasteiger partial charge < -0.3 is 5.32 Å². The van der Waals surface area contributed by atoms with Crippen LogP contribution in [0.3, 0.4) is 0 Å². The van der Waals surface area contributed by atoms with Crippen molar-refractivity contribution >= 4 is 22.6 Å². The lowest BCUT2D eigenvalue weighted by molar-refractivity contribution is 0.259. The van der Waals surface area contributed by atoms with E-state index in [2.05, 4.69) is 15.7 Å². The summed E-state index contributed by atoms with van der Waals surface area (Å²) in [5, 5.41) is 3.14. The molecule has 1 aromatic heterocycles. The lowest BCUT2D eigenvalue weighted by Crippen LogP contribution is -2.38. The van der Waals surface area contributed by atoms with Gasteiger partial charge in [0, 0.05) is 12.1 Å². The van der Waals surface area contributed by atoms with Crippen LogP contribution < -0.4 is 16.3 Å². The molecule has 0 aliphatic heterocycles. The SMILES string of the molecule is CCc1nc2ccccc2c(=O)n1NC(=O)Nc1ccccc1. The highest BCUT2D eigenvalue weighted by Gasteiger charge is 2.12. The first-order valence-corrected chi connectivity index (χ1v) is 7.32. The van der Waals surface area contributed by atoms with Crippen LogP contribution in [0.5, 0.6) is 0 Å². The van der Waals surface area contributed by atoms with Crippen LogP contribution in [0.1, 0.15) is 12.7 Å². The number of aromatic nitrogens is 2. The minimum Gasteiger partial charge on any atom is -0.307 e. The van der Waals surface area contributed by atoms with Crippen molar-refractivity contribution in [1.29, 1.82) is 0 Å². The summed E-state index contributed by atoms with van der Waals surface area (Å²) in [5.74, 6) is 0.497. The van der Waals surface area contributed by atoms with E-state index in [4.69, 9.17) is 0 Å². The quantitative estimate of drug-likeness (QED) is 0.781. The van der Waals surface area contributed by atoms with E-state index in [9.17, 15) is 9.59 Å². The molecule has 0 spiro atoms. The third kappa shape index (κ3) is 3.06. The Balaban J connectivity index is 1.94. The highest BCUT2D eigenvalue weighted by Crippen LogP contribution is 2.08. The van der Waals surface area contributed by atoms with Crippen LogP contribution in [0.4, 0.5) is 10.5 Å². The van der Waals surface area contributed by atoms with Gasteiger partial charge in [0.15, 0.2) is 0 Å². The molecule has 2 N–H and O–H groups in total. The van der Waals surface area contributed by atoms with Gasteiger partial charge in [0.1, 0.15) is 5.82 Å². The van der Waals surface area contributed by atoms with Crippen LogP contribution in [-0.2, 0) is 6.42 Å². The minimum atomic E-state index is -0.495. The molecule has 0 fully saturated rings. The molecule has 0 atom stereocenters. The number of nitrogens with zero attached hydrogens (tertiary/aromatic N) is 2. The number of urea groups is 1. The number of carbonyl (C=O) groups excluding carboxylic acids is 1. The fourth-order valence-corrected chi connectivity index (χ4v) is 2.31. The molecule has 0 aliphatic rings. The summed E-state index contributed by atoms with van der Waals surface area (Å²) in [4.78, 5) is 29.1. The van der Waals surface area contributed by atoms with E-state index in [0.717, 1.165) is 0 Å². The second-order valence-corrected chi connectivity index (χ2v) is 4.97. The summed E-state index contributed by atoms with van der Waals surface area (Å²) in [7, 11) is 0. The van der Waals surface area contributed by atoms with Gasteiger partial charge in [-0.05, 0) is 24.3 Å². The number of benzene rings is 2. The molecule has 0 radical (unpaired) electrons. The highest BCUT2D eigenvalue weighted by atomic mass is 16.2. The average Bonchev–Trinajstić information content (AvgIpc) is 2.58. The second kappa shape index (κ2) is 6.31. The summed E-state index contributed by atoms with van der Waals surface area (Å²) < 4.78 is 1.20. The summed E-state index contributed by atoms with van der Waals surface area (Å²) in [6.45, 7) is 1.88. The zero-order valence-electron chi connectivity index (χ0n) is 12.6. The number of amides is 2. The first kappa shape index (κ1) is 14.8. The van der Waals surface area contributed by atoms with Gasteiger partial charge in [0.05, 0.1) is 10.9 Å². The van der Waals surface area contributed by atoms with E-state index in [1.807, 2.05) is 31.2 Å². The maximum atomic E-state index is 12.6. The van der Waals surface area contributed by atoms with Crippen molar-refractivity contribution in [1.82, 2.24) is 9.66 Å². The fraction of sp³-hybridized carbons (Fsp3) is 0.118. The Bertz CT molecular complexity index is 903. The number of nitrogens with one attached hydrogen (secondary N) is 2. The van der Waals surface area contributed by atoms with Gasteiger partial charge in [0.2, 0.25) is 0 Å². The number of rotatable bonds is 3. The molecule has 6 heteroatoms. The van der Waals surface area contributed by atoms with Crippen molar-refractivity contribution in [2.45, 2.75) is 13.3 Å². The molecule has 0 aliphatic carbocycles. The van der Waals surface area contributed by atoms with E-state index in [0.29, 0.717) is 28.8 Å². The molecule has 2 amide bonds. The Morgan fingerprint density at radius 1 is 1.09 bits per heavy atom. The molecule has 1 heterocycles. The molecular formula is C17H16N4O2. The van der Waals surface area contributed by atoms with E-state index in [1.165, 1.54) is 4.68 Å². The Morgan fingerprint density at radius 3 is 2.52 bits per heavy atom. The number of fused-ring (bicyclic) bond motifs is 1. The molecule has 0 saturated carbocycles. The van der Waals surface area contributed by atoms with E-state index in [1.54, 1.807) is 30.3 Å². The monoisotopic (exact) mass is 308 g/mol. The summed E-state index contributed by atoms with van der Waals surface area (Å²) in [6.07, 6.45) is 0.520. The van der Waals surface area contributed by atoms with Crippen molar-refractivity contribution in [2.24, 2.45) is 0 Å². The van der Waals surface area contributed by atoms with Crippen molar-refractivity contribution in [3.8, 4) is 0 Å². The van der Waals surface area contributed by atoms with Gasteiger partial charge in [-0.1, -0.05) is 37.3 Å². The van der Waals surface area contributed by atoms with Crippen LogP contribution in [0.15, 0.2) is 59.4 Å². The maximum absolute atomic E-state index is 12.6. The zero-order chi connectivity index (χ0) is 16.2.